The van der Waals surface area contributed by atoms with Crippen molar-refractivity contribution in [2.45, 2.75) is 52.0 Å². The molecule has 118 valence electrons. The van der Waals surface area contributed by atoms with Gasteiger partial charge in [-0.25, -0.2) is 0 Å². The van der Waals surface area contributed by atoms with Gasteiger partial charge in [-0.3, -0.25) is 4.79 Å². The number of hydrogen-bond donors (Lipinski definition) is 2. The van der Waals surface area contributed by atoms with E-state index < -0.39 is 6.04 Å². The molecule has 1 amide bonds. The van der Waals surface area contributed by atoms with E-state index in [9.17, 15) is 4.79 Å². The lowest BCUT2D eigenvalue weighted by molar-refractivity contribution is -0.122. The molecule has 1 atom stereocenters. The number of hydrogen-bond acceptors (Lipinski definition) is 3. The van der Waals surface area contributed by atoms with Gasteiger partial charge in [0.1, 0.15) is 12.4 Å². The van der Waals surface area contributed by atoms with Gasteiger partial charge in [0.05, 0.1) is 12.6 Å². The second-order valence-electron chi connectivity index (χ2n) is 6.28. The Labute approximate surface area is 128 Å². The van der Waals surface area contributed by atoms with Gasteiger partial charge in [0.25, 0.3) is 0 Å². The summed E-state index contributed by atoms with van der Waals surface area (Å²) in [4.78, 5) is 11.7. The van der Waals surface area contributed by atoms with Gasteiger partial charge in [-0.2, -0.15) is 0 Å². The Balaban J connectivity index is 2.45. The van der Waals surface area contributed by atoms with Gasteiger partial charge in [0.2, 0.25) is 5.91 Å². The lowest BCUT2D eigenvalue weighted by Gasteiger charge is -2.22. The van der Waals surface area contributed by atoms with Crippen LogP contribution in [0.15, 0.2) is 24.3 Å². The van der Waals surface area contributed by atoms with Crippen LogP contribution in [-0.4, -0.2) is 25.1 Å². The Bertz CT molecular complexity index is 452. The van der Waals surface area contributed by atoms with E-state index in [1.165, 1.54) is 5.56 Å². The minimum absolute atomic E-state index is 0.0311. The molecule has 0 aliphatic rings. The fraction of sp³-hybridized carbons (Fsp3) is 0.588. The smallest absolute Gasteiger partial charge is 0.237 e. The molecule has 0 aliphatic heterocycles. The van der Waals surface area contributed by atoms with Crippen molar-refractivity contribution in [1.29, 1.82) is 0 Å². The second kappa shape index (κ2) is 8.03. The van der Waals surface area contributed by atoms with Crippen molar-refractivity contribution >= 4 is 5.91 Å². The van der Waals surface area contributed by atoms with E-state index in [1.807, 2.05) is 25.1 Å². The van der Waals surface area contributed by atoms with Crippen molar-refractivity contribution in [2.75, 3.05) is 13.2 Å². The first kappa shape index (κ1) is 17.5. The highest BCUT2D eigenvalue weighted by Gasteiger charge is 2.18. The fourth-order valence-electron chi connectivity index (χ4n) is 2.12. The molecule has 4 nitrogen and oxygen atoms in total. The predicted molar refractivity (Wildman–Crippen MR) is 86.5 cm³/mol. The molecule has 1 rings (SSSR count). The standard InChI is InChI=1S/C17H28N2O2/c1-5-8-14(18)16(20)19-11-12-21-15-10-7-6-9-13(15)17(2,3)4/h6-7,9-10,14H,5,8,11-12,18H2,1-4H3,(H,19,20). The van der Waals surface area contributed by atoms with Crippen LogP contribution in [0.3, 0.4) is 0 Å². The molecular weight excluding hydrogens is 264 g/mol. The highest BCUT2D eigenvalue weighted by atomic mass is 16.5. The summed E-state index contributed by atoms with van der Waals surface area (Å²) in [5.74, 6) is 0.765. The third kappa shape index (κ3) is 5.76. The number of benzene rings is 1. The van der Waals surface area contributed by atoms with Crippen molar-refractivity contribution in [1.82, 2.24) is 5.32 Å². The van der Waals surface area contributed by atoms with Crippen molar-refractivity contribution in [2.24, 2.45) is 5.73 Å². The molecule has 0 aromatic heterocycles. The third-order valence-corrected chi connectivity index (χ3v) is 3.29. The summed E-state index contributed by atoms with van der Waals surface area (Å²) < 4.78 is 5.80. The van der Waals surface area contributed by atoms with E-state index in [-0.39, 0.29) is 11.3 Å². The SMILES string of the molecule is CCCC(N)C(=O)NCCOc1ccccc1C(C)(C)C. The van der Waals surface area contributed by atoms with Crippen LogP contribution in [0.2, 0.25) is 0 Å². The molecule has 0 radical (unpaired) electrons. The van der Waals surface area contributed by atoms with Gasteiger partial charge in [-0.05, 0) is 23.5 Å². The number of ether oxygens (including phenoxy) is 1. The first-order valence-corrected chi connectivity index (χ1v) is 7.62. The van der Waals surface area contributed by atoms with Crippen LogP contribution in [-0.2, 0) is 10.2 Å². The summed E-state index contributed by atoms with van der Waals surface area (Å²) in [7, 11) is 0. The summed E-state index contributed by atoms with van der Waals surface area (Å²) >= 11 is 0. The predicted octanol–water partition coefficient (Wildman–Crippen LogP) is 2.61. The van der Waals surface area contributed by atoms with Crippen LogP contribution < -0.4 is 15.8 Å². The molecule has 0 spiro atoms. The molecule has 21 heavy (non-hydrogen) atoms. The summed E-state index contributed by atoms with van der Waals surface area (Å²) in [5, 5.41) is 2.81. The van der Waals surface area contributed by atoms with Crippen LogP contribution >= 0.6 is 0 Å². The fourth-order valence-corrected chi connectivity index (χ4v) is 2.12. The lowest BCUT2D eigenvalue weighted by atomic mass is 9.86. The van der Waals surface area contributed by atoms with Gasteiger partial charge < -0.3 is 15.8 Å². The van der Waals surface area contributed by atoms with Crippen LogP contribution in [0.5, 0.6) is 5.75 Å². The molecule has 0 fully saturated rings. The maximum Gasteiger partial charge on any atom is 0.237 e. The molecule has 4 heteroatoms. The molecule has 0 aliphatic carbocycles. The van der Waals surface area contributed by atoms with Crippen LogP contribution in [0.1, 0.15) is 46.1 Å². The molecular formula is C17H28N2O2. The Kier molecular flexibility index (Phi) is 6.69. The first-order chi connectivity index (χ1) is 9.86. The zero-order valence-corrected chi connectivity index (χ0v) is 13.6. The van der Waals surface area contributed by atoms with Gasteiger partial charge >= 0.3 is 0 Å². The second-order valence-corrected chi connectivity index (χ2v) is 6.28. The van der Waals surface area contributed by atoms with E-state index in [0.717, 1.165) is 12.2 Å². The molecule has 3 N–H and O–H groups in total. The largest absolute Gasteiger partial charge is 0.491 e. The number of nitrogens with two attached hydrogens (primary N) is 1. The average Bonchev–Trinajstić information content (AvgIpc) is 2.43. The van der Waals surface area contributed by atoms with Gasteiger partial charge in [0.15, 0.2) is 0 Å². The van der Waals surface area contributed by atoms with Crippen LogP contribution in [0.4, 0.5) is 0 Å². The highest BCUT2D eigenvalue weighted by molar-refractivity contribution is 5.81. The van der Waals surface area contributed by atoms with Crippen LogP contribution in [0.25, 0.3) is 0 Å². The Hall–Kier alpha value is -1.55. The van der Waals surface area contributed by atoms with Gasteiger partial charge in [-0.1, -0.05) is 52.3 Å². The molecule has 0 saturated carbocycles. The third-order valence-electron chi connectivity index (χ3n) is 3.29. The Morgan fingerprint density at radius 2 is 2.00 bits per heavy atom. The molecule has 1 unspecified atom stereocenters. The maximum absolute atomic E-state index is 11.7. The minimum atomic E-state index is -0.420. The van der Waals surface area contributed by atoms with Crippen molar-refractivity contribution in [3.8, 4) is 5.75 Å². The van der Waals surface area contributed by atoms with Crippen molar-refractivity contribution in [3.63, 3.8) is 0 Å². The molecule has 1 aromatic rings. The zero-order chi connectivity index (χ0) is 15.9. The van der Waals surface area contributed by atoms with E-state index in [2.05, 4.69) is 32.2 Å². The summed E-state index contributed by atoms with van der Waals surface area (Å²) in [6.45, 7) is 9.38. The number of rotatable bonds is 7. The number of para-hydroxylation sites is 1. The summed E-state index contributed by atoms with van der Waals surface area (Å²) in [6, 6.07) is 7.59. The van der Waals surface area contributed by atoms with E-state index in [4.69, 9.17) is 10.5 Å². The van der Waals surface area contributed by atoms with E-state index in [0.29, 0.717) is 19.6 Å². The molecule has 0 bridgehead atoms. The maximum atomic E-state index is 11.7. The van der Waals surface area contributed by atoms with E-state index in [1.54, 1.807) is 0 Å². The lowest BCUT2D eigenvalue weighted by Crippen LogP contribution is -2.41. The molecule has 0 saturated heterocycles. The topological polar surface area (TPSA) is 64.4 Å². The number of amides is 1. The van der Waals surface area contributed by atoms with Gasteiger partial charge in [-0.15, -0.1) is 0 Å². The van der Waals surface area contributed by atoms with E-state index >= 15 is 0 Å². The number of nitrogens with one attached hydrogen (secondary N) is 1. The molecule has 0 heterocycles. The zero-order valence-electron chi connectivity index (χ0n) is 13.6. The normalized spacial score (nSPS) is 12.8. The van der Waals surface area contributed by atoms with Crippen molar-refractivity contribution < 1.29 is 9.53 Å². The quantitative estimate of drug-likeness (QED) is 0.759. The summed E-state index contributed by atoms with van der Waals surface area (Å²) in [5.41, 5.74) is 6.95. The number of carbonyl (C=O) groups is 1. The van der Waals surface area contributed by atoms with Crippen molar-refractivity contribution in [3.05, 3.63) is 29.8 Å². The average molecular weight is 292 g/mol. The molecule has 1 aromatic carbocycles. The first-order valence-electron chi connectivity index (χ1n) is 7.62. The highest BCUT2D eigenvalue weighted by Crippen LogP contribution is 2.30. The number of carbonyl (C=O) groups excluding carboxylic acids is 1. The Morgan fingerprint density at radius 3 is 2.62 bits per heavy atom. The monoisotopic (exact) mass is 292 g/mol. The van der Waals surface area contributed by atoms with Gasteiger partial charge in [0, 0.05) is 0 Å². The minimum Gasteiger partial charge on any atom is -0.491 e. The Morgan fingerprint density at radius 1 is 1.33 bits per heavy atom. The van der Waals surface area contributed by atoms with Crippen LogP contribution in [0, 0.1) is 0 Å². The summed E-state index contributed by atoms with van der Waals surface area (Å²) in [6.07, 6.45) is 1.61.